The van der Waals surface area contributed by atoms with Gasteiger partial charge in [0.2, 0.25) is 0 Å². The highest BCUT2D eigenvalue weighted by molar-refractivity contribution is 8.00. The number of hydrogen-bond acceptors (Lipinski definition) is 5. The van der Waals surface area contributed by atoms with Gasteiger partial charge in [-0.15, -0.1) is 0 Å². The maximum atomic E-state index is 9.37. The maximum Gasteiger partial charge on any atom is 0.164 e. The van der Waals surface area contributed by atoms with Crippen molar-refractivity contribution in [2.75, 3.05) is 0 Å². The van der Waals surface area contributed by atoms with E-state index in [0.29, 0.717) is 23.0 Å². The first-order valence-electron chi connectivity index (χ1n) is 20.1. The van der Waals surface area contributed by atoms with Crippen LogP contribution in [0.3, 0.4) is 0 Å². The maximum absolute atomic E-state index is 9.37. The molecule has 2 heterocycles. The zero-order valence-electron chi connectivity index (χ0n) is 32.2. The zero-order chi connectivity index (χ0) is 39.8. The Labute approximate surface area is 351 Å². The summed E-state index contributed by atoms with van der Waals surface area (Å²) in [6, 6.07) is 71.0. The van der Waals surface area contributed by atoms with Crippen molar-refractivity contribution in [2.24, 2.45) is 0 Å². The van der Waals surface area contributed by atoms with Crippen molar-refractivity contribution in [1.82, 2.24) is 15.0 Å². The van der Waals surface area contributed by atoms with Crippen molar-refractivity contribution >= 4 is 33.3 Å². The van der Waals surface area contributed by atoms with Crippen LogP contribution in [-0.2, 0) is 5.41 Å². The fourth-order valence-corrected chi connectivity index (χ4v) is 10.9. The monoisotopic (exact) mass is 780 g/mol. The molecule has 4 nitrogen and oxygen atoms in total. The van der Waals surface area contributed by atoms with E-state index < -0.39 is 5.41 Å². The van der Waals surface area contributed by atoms with E-state index in [1.54, 1.807) is 0 Å². The number of hydrogen-bond donors (Lipinski definition) is 0. The third-order valence-electron chi connectivity index (χ3n) is 12.2. The van der Waals surface area contributed by atoms with Crippen LogP contribution in [0.1, 0.15) is 27.8 Å². The first-order valence-corrected chi connectivity index (χ1v) is 20.9. The van der Waals surface area contributed by atoms with E-state index in [0.717, 1.165) is 27.8 Å². The molecule has 0 atom stereocenters. The molecule has 1 aliphatic heterocycles. The summed E-state index contributed by atoms with van der Waals surface area (Å²) < 4.78 is 0. The van der Waals surface area contributed by atoms with Gasteiger partial charge in [0.1, 0.15) is 0 Å². The van der Waals surface area contributed by atoms with Gasteiger partial charge in [-0.05, 0) is 90.3 Å². The number of nitriles is 1. The van der Waals surface area contributed by atoms with Crippen molar-refractivity contribution < 1.29 is 0 Å². The lowest BCUT2D eigenvalue weighted by atomic mass is 9.66. The van der Waals surface area contributed by atoms with Crippen LogP contribution in [0.15, 0.2) is 204 Å². The molecule has 0 saturated carbocycles. The summed E-state index contributed by atoms with van der Waals surface area (Å²) >= 11 is 1.91. The second-order valence-electron chi connectivity index (χ2n) is 15.4. The van der Waals surface area contributed by atoms with Crippen molar-refractivity contribution in [3.63, 3.8) is 0 Å². The number of benzene rings is 9. The summed E-state index contributed by atoms with van der Waals surface area (Å²) in [5.74, 6) is 1.82. The van der Waals surface area contributed by atoms with E-state index in [-0.39, 0.29) is 0 Å². The molecule has 0 amide bonds. The standard InChI is InChI=1S/C55H32N4S/c56-33-34-21-23-35(24-22-34)39-15-10-16-40(31-39)53-57-52(38-13-2-1-3-14-38)58-54(59-53)41-27-28-47-45(32-41)44-19-8-9-20-46(44)55(47)48-29-25-36-11-4-6-17-42(36)50(48)60-51-43-18-7-5-12-37(43)26-30-49(51)55/h1-32H. The van der Waals surface area contributed by atoms with Crippen LogP contribution in [-0.4, -0.2) is 15.0 Å². The molecule has 0 fully saturated rings. The van der Waals surface area contributed by atoms with Crippen LogP contribution in [0.4, 0.5) is 0 Å². The van der Waals surface area contributed by atoms with Crippen LogP contribution < -0.4 is 0 Å². The lowest BCUT2D eigenvalue weighted by Gasteiger charge is -2.40. The Kier molecular flexibility index (Phi) is 7.72. The Morgan fingerprint density at radius 1 is 0.383 bits per heavy atom. The van der Waals surface area contributed by atoms with E-state index in [9.17, 15) is 5.26 Å². The average Bonchev–Trinajstić information content (AvgIpc) is 3.61. The first kappa shape index (κ1) is 34.4. The third kappa shape index (κ3) is 5.15. The third-order valence-corrected chi connectivity index (χ3v) is 13.5. The van der Waals surface area contributed by atoms with Gasteiger partial charge in [0.25, 0.3) is 0 Å². The highest BCUT2D eigenvalue weighted by atomic mass is 32.2. The van der Waals surface area contributed by atoms with E-state index in [1.807, 2.05) is 78.5 Å². The first-order chi connectivity index (χ1) is 29.7. The van der Waals surface area contributed by atoms with Gasteiger partial charge < -0.3 is 0 Å². The molecule has 9 aromatic carbocycles. The molecule has 0 saturated heterocycles. The molecule has 2 aliphatic rings. The molecule has 1 spiro atoms. The summed E-state index contributed by atoms with van der Waals surface area (Å²) in [7, 11) is 0. The predicted molar refractivity (Wildman–Crippen MR) is 243 cm³/mol. The van der Waals surface area contributed by atoms with Gasteiger partial charge in [-0.1, -0.05) is 182 Å². The van der Waals surface area contributed by atoms with E-state index in [1.165, 1.54) is 64.7 Å². The van der Waals surface area contributed by atoms with Gasteiger partial charge in [0.05, 0.1) is 17.0 Å². The molecule has 5 heteroatoms. The molecule has 60 heavy (non-hydrogen) atoms. The van der Waals surface area contributed by atoms with Gasteiger partial charge in [0.15, 0.2) is 17.5 Å². The molecule has 1 aromatic heterocycles. The van der Waals surface area contributed by atoms with Crippen LogP contribution >= 0.6 is 11.8 Å². The predicted octanol–water partition coefficient (Wildman–Crippen LogP) is 13.5. The van der Waals surface area contributed by atoms with Crippen LogP contribution in [0.25, 0.3) is 78.0 Å². The number of rotatable bonds is 4. The van der Waals surface area contributed by atoms with E-state index >= 15 is 0 Å². The molecular weight excluding hydrogens is 749 g/mol. The fourth-order valence-electron chi connectivity index (χ4n) is 9.47. The van der Waals surface area contributed by atoms with Gasteiger partial charge in [-0.3, -0.25) is 0 Å². The minimum absolute atomic E-state index is 0.542. The highest BCUT2D eigenvalue weighted by Crippen LogP contribution is 2.64. The lowest BCUT2D eigenvalue weighted by Crippen LogP contribution is -2.32. The lowest BCUT2D eigenvalue weighted by molar-refractivity contribution is 0.729. The van der Waals surface area contributed by atoms with E-state index in [4.69, 9.17) is 15.0 Å². The number of fused-ring (bicyclic) bond motifs is 13. The molecule has 0 bridgehead atoms. The van der Waals surface area contributed by atoms with Gasteiger partial charge in [-0.25, -0.2) is 15.0 Å². The summed E-state index contributed by atoms with van der Waals surface area (Å²) in [6.45, 7) is 0. The Hall–Kier alpha value is -7.65. The van der Waals surface area contributed by atoms with E-state index in [2.05, 4.69) is 133 Å². The Morgan fingerprint density at radius 2 is 0.900 bits per heavy atom. The highest BCUT2D eigenvalue weighted by Gasteiger charge is 2.51. The quantitative estimate of drug-likeness (QED) is 0.178. The van der Waals surface area contributed by atoms with Gasteiger partial charge in [-0.2, -0.15) is 5.26 Å². The Bertz CT molecular complexity index is 3340. The summed E-state index contributed by atoms with van der Waals surface area (Å²) in [4.78, 5) is 18.1. The molecule has 0 N–H and O–H groups in total. The zero-order valence-corrected chi connectivity index (χ0v) is 33.0. The number of nitrogens with zero attached hydrogens (tertiary/aromatic N) is 4. The van der Waals surface area contributed by atoms with Crippen molar-refractivity contribution in [1.29, 1.82) is 5.26 Å². The molecule has 278 valence electrons. The molecule has 0 radical (unpaired) electrons. The van der Waals surface area contributed by atoms with Crippen molar-refractivity contribution in [3.8, 4) is 62.5 Å². The second kappa shape index (κ2) is 13.5. The summed E-state index contributed by atoms with van der Waals surface area (Å²) in [5, 5.41) is 14.4. The topological polar surface area (TPSA) is 62.5 Å². The average molecular weight is 781 g/mol. The number of aromatic nitrogens is 3. The SMILES string of the molecule is N#Cc1ccc(-c2cccc(-c3nc(-c4ccccc4)nc(-c4ccc5c(c4)-c4ccccc4C54c5ccc6ccccc6c5Sc5c4ccc4ccccc54)n3)c2)cc1. The van der Waals surface area contributed by atoms with Crippen LogP contribution in [0.2, 0.25) is 0 Å². The second-order valence-corrected chi connectivity index (χ2v) is 16.4. The Balaban J connectivity index is 1.08. The van der Waals surface area contributed by atoms with Crippen LogP contribution in [0, 0.1) is 11.3 Å². The summed E-state index contributed by atoms with van der Waals surface area (Å²) in [5.41, 5.74) is 12.4. The molecule has 1 aliphatic carbocycles. The molecule has 10 aromatic rings. The van der Waals surface area contributed by atoms with Crippen molar-refractivity contribution in [3.05, 3.63) is 222 Å². The Morgan fingerprint density at radius 3 is 1.58 bits per heavy atom. The van der Waals surface area contributed by atoms with Gasteiger partial charge in [0, 0.05) is 26.5 Å². The largest absolute Gasteiger partial charge is 0.208 e. The molecule has 12 rings (SSSR count). The minimum atomic E-state index is -0.542. The van der Waals surface area contributed by atoms with Crippen molar-refractivity contribution in [2.45, 2.75) is 15.2 Å². The fraction of sp³-hybridized carbons (Fsp3) is 0.0182. The molecular formula is C55H32N4S. The smallest absolute Gasteiger partial charge is 0.164 e. The van der Waals surface area contributed by atoms with Crippen LogP contribution in [0.5, 0.6) is 0 Å². The minimum Gasteiger partial charge on any atom is -0.208 e. The molecule has 0 unspecified atom stereocenters. The van der Waals surface area contributed by atoms with Gasteiger partial charge >= 0.3 is 0 Å². The summed E-state index contributed by atoms with van der Waals surface area (Å²) in [6.07, 6.45) is 0. The normalized spacial score (nSPS) is 13.1.